The molecular weight excluding hydrogens is 527 g/mol. The van der Waals surface area contributed by atoms with Gasteiger partial charge >= 0.3 is 0 Å². The Labute approximate surface area is 230 Å². The molecule has 3 aromatic rings. The van der Waals surface area contributed by atoms with Gasteiger partial charge in [-0.2, -0.15) is 4.39 Å². The number of aromatic nitrogens is 2. The Hall–Kier alpha value is -3.68. The Morgan fingerprint density at radius 1 is 1.26 bits per heavy atom. The lowest BCUT2D eigenvalue weighted by atomic mass is 9.96. The van der Waals surface area contributed by atoms with E-state index in [-0.39, 0.29) is 11.0 Å². The Balaban J connectivity index is 1.57. The fourth-order valence-electron chi connectivity index (χ4n) is 4.51. The zero-order valence-corrected chi connectivity index (χ0v) is 22.5. The van der Waals surface area contributed by atoms with E-state index in [2.05, 4.69) is 58.3 Å². The second-order valence-electron chi connectivity index (χ2n) is 11.0. The van der Waals surface area contributed by atoms with Crippen molar-refractivity contribution < 1.29 is 13.2 Å². The SMILES string of the molecule is C#Cc1cnc2c(Cl)cc(N[C@H](C3=CN(C4(C(F)F)CC4)NN3)c3cccnc3F)cc2c1NCC(C)(C)C. The highest BCUT2D eigenvalue weighted by molar-refractivity contribution is 6.35. The molecule has 2 aliphatic rings. The summed E-state index contributed by atoms with van der Waals surface area (Å²) in [7, 11) is 0. The number of hydrogen-bond acceptors (Lipinski definition) is 7. The van der Waals surface area contributed by atoms with Crippen molar-refractivity contribution in [2.45, 2.75) is 51.6 Å². The fraction of sp³-hybridized carbons (Fsp3) is 0.357. The van der Waals surface area contributed by atoms with Gasteiger partial charge in [0, 0.05) is 41.8 Å². The summed E-state index contributed by atoms with van der Waals surface area (Å²) in [6.45, 7) is 6.95. The molecule has 1 atom stereocenters. The molecule has 1 aliphatic carbocycles. The van der Waals surface area contributed by atoms with Gasteiger partial charge in [-0.15, -0.1) is 12.0 Å². The number of nitrogens with zero attached hydrogens (tertiary/aromatic N) is 3. The van der Waals surface area contributed by atoms with Crippen molar-refractivity contribution in [3.63, 3.8) is 0 Å². The molecule has 0 spiro atoms. The maximum absolute atomic E-state index is 14.9. The highest BCUT2D eigenvalue weighted by Crippen LogP contribution is 2.47. The van der Waals surface area contributed by atoms with Gasteiger partial charge in [-0.1, -0.05) is 44.4 Å². The number of benzene rings is 1. The van der Waals surface area contributed by atoms with Crippen molar-refractivity contribution in [1.29, 1.82) is 0 Å². The molecule has 1 fully saturated rings. The number of rotatable bonds is 8. The lowest BCUT2D eigenvalue weighted by Gasteiger charge is -2.25. The summed E-state index contributed by atoms with van der Waals surface area (Å²) >= 11 is 6.66. The second-order valence-corrected chi connectivity index (χ2v) is 11.4. The molecular formula is C28H29ClF3N7. The van der Waals surface area contributed by atoms with Gasteiger partial charge in [-0.3, -0.25) is 9.99 Å². The molecule has 0 unspecified atom stereocenters. The van der Waals surface area contributed by atoms with E-state index in [0.717, 1.165) is 0 Å². The molecule has 39 heavy (non-hydrogen) atoms. The number of terminal acetylenes is 1. The zero-order chi connectivity index (χ0) is 27.9. The lowest BCUT2D eigenvalue weighted by molar-refractivity contribution is 0.00911. The Morgan fingerprint density at radius 2 is 2.03 bits per heavy atom. The van der Waals surface area contributed by atoms with E-state index in [1.807, 2.05) is 6.07 Å². The van der Waals surface area contributed by atoms with Crippen molar-refractivity contribution in [3.05, 3.63) is 70.7 Å². The van der Waals surface area contributed by atoms with Crippen LogP contribution >= 0.6 is 11.6 Å². The van der Waals surface area contributed by atoms with Crippen LogP contribution in [0.3, 0.4) is 0 Å². The van der Waals surface area contributed by atoms with Crippen LogP contribution < -0.4 is 21.6 Å². The Morgan fingerprint density at radius 3 is 2.67 bits per heavy atom. The van der Waals surface area contributed by atoms with Crippen LogP contribution in [0.4, 0.5) is 24.5 Å². The second kappa shape index (κ2) is 10.1. The highest BCUT2D eigenvalue weighted by atomic mass is 35.5. The molecule has 0 radical (unpaired) electrons. The molecule has 7 nitrogen and oxygen atoms in total. The molecule has 3 heterocycles. The maximum atomic E-state index is 14.9. The van der Waals surface area contributed by atoms with Gasteiger partial charge < -0.3 is 16.1 Å². The predicted molar refractivity (Wildman–Crippen MR) is 147 cm³/mol. The molecule has 11 heteroatoms. The predicted octanol–water partition coefficient (Wildman–Crippen LogP) is 5.98. The third kappa shape index (κ3) is 5.29. The van der Waals surface area contributed by atoms with Gasteiger partial charge in [-0.25, -0.2) is 13.8 Å². The number of nitrogens with one attached hydrogen (secondary N) is 4. The summed E-state index contributed by atoms with van der Waals surface area (Å²) < 4.78 is 42.5. The lowest BCUT2D eigenvalue weighted by Crippen LogP contribution is -2.48. The highest BCUT2D eigenvalue weighted by Gasteiger charge is 2.56. The number of fused-ring (bicyclic) bond motifs is 1. The van der Waals surface area contributed by atoms with Crippen LogP contribution in [-0.4, -0.2) is 33.5 Å². The first-order valence-corrected chi connectivity index (χ1v) is 12.9. The van der Waals surface area contributed by atoms with Crippen molar-refractivity contribution in [3.8, 4) is 12.3 Å². The van der Waals surface area contributed by atoms with Crippen molar-refractivity contribution in [2.75, 3.05) is 17.2 Å². The molecule has 0 saturated heterocycles. The molecule has 0 amide bonds. The average molecular weight is 556 g/mol. The summed E-state index contributed by atoms with van der Waals surface area (Å²) in [5.41, 5.74) is 7.48. The molecule has 204 valence electrons. The topological polar surface area (TPSA) is 77.1 Å². The molecule has 5 rings (SSSR count). The number of alkyl halides is 2. The molecule has 0 bridgehead atoms. The Kier molecular flexibility index (Phi) is 6.99. The van der Waals surface area contributed by atoms with E-state index in [0.29, 0.717) is 57.9 Å². The summed E-state index contributed by atoms with van der Waals surface area (Å²) in [6.07, 6.45) is 8.42. The van der Waals surface area contributed by atoms with Crippen LogP contribution in [-0.2, 0) is 0 Å². The van der Waals surface area contributed by atoms with Gasteiger partial charge in [-0.05, 0) is 36.5 Å². The minimum Gasteiger partial charge on any atom is -0.383 e. The van der Waals surface area contributed by atoms with Crippen molar-refractivity contribution >= 4 is 33.9 Å². The molecule has 2 aromatic heterocycles. The molecule has 1 saturated carbocycles. The molecule has 1 aliphatic heterocycles. The number of hydrogen-bond donors (Lipinski definition) is 4. The van der Waals surface area contributed by atoms with Crippen LogP contribution in [0.2, 0.25) is 5.02 Å². The van der Waals surface area contributed by atoms with E-state index in [1.54, 1.807) is 30.6 Å². The van der Waals surface area contributed by atoms with E-state index < -0.39 is 24.0 Å². The maximum Gasteiger partial charge on any atom is 0.262 e. The van der Waals surface area contributed by atoms with E-state index in [1.165, 1.54) is 11.2 Å². The summed E-state index contributed by atoms with van der Waals surface area (Å²) in [6, 6.07) is 5.91. The Bertz CT molecular complexity index is 1470. The van der Waals surface area contributed by atoms with Gasteiger partial charge in [0.15, 0.2) is 0 Å². The minimum atomic E-state index is -2.54. The number of halogens is 4. The molecule has 4 N–H and O–H groups in total. The average Bonchev–Trinajstić information content (AvgIpc) is 3.56. The first-order chi connectivity index (χ1) is 18.5. The monoisotopic (exact) mass is 555 g/mol. The van der Waals surface area contributed by atoms with Crippen LogP contribution in [0, 0.1) is 23.7 Å². The number of anilines is 2. The van der Waals surface area contributed by atoms with Crippen LogP contribution in [0.1, 0.15) is 50.8 Å². The van der Waals surface area contributed by atoms with Crippen LogP contribution in [0.15, 0.2) is 48.6 Å². The summed E-state index contributed by atoms with van der Waals surface area (Å²) in [5, 5.41) is 9.17. The zero-order valence-electron chi connectivity index (χ0n) is 21.7. The van der Waals surface area contributed by atoms with Gasteiger partial charge in [0.05, 0.1) is 33.5 Å². The van der Waals surface area contributed by atoms with Crippen LogP contribution in [0.25, 0.3) is 10.9 Å². The van der Waals surface area contributed by atoms with Crippen molar-refractivity contribution in [1.82, 2.24) is 25.9 Å². The van der Waals surface area contributed by atoms with Gasteiger partial charge in [0.25, 0.3) is 6.43 Å². The van der Waals surface area contributed by atoms with E-state index in [4.69, 9.17) is 18.0 Å². The standard InChI is InChI=1S/C28H29ClF3N7/c1-5-16-13-34-23-19(22(16)35-15-27(2,3)4)11-17(12-20(23)29)36-24(18-7-6-10-33-25(18)30)21-14-39(38-37-21)28(8-9-28)26(31)32/h1,6-7,10-14,24,26,36-38H,8-9,15H2,2-4H3,(H,34,35)/t24-/m0/s1. The number of hydrazine groups is 2. The third-order valence-electron chi connectivity index (χ3n) is 6.83. The van der Waals surface area contributed by atoms with Crippen molar-refractivity contribution in [2.24, 2.45) is 5.41 Å². The largest absolute Gasteiger partial charge is 0.383 e. The van der Waals surface area contributed by atoms with Gasteiger partial charge in [0.1, 0.15) is 5.54 Å². The summed E-state index contributed by atoms with van der Waals surface area (Å²) in [5.74, 6) is 1.98. The quantitative estimate of drug-likeness (QED) is 0.201. The first-order valence-electron chi connectivity index (χ1n) is 12.5. The first kappa shape index (κ1) is 26.9. The smallest absolute Gasteiger partial charge is 0.262 e. The van der Waals surface area contributed by atoms with E-state index in [9.17, 15) is 13.2 Å². The fourth-order valence-corrected chi connectivity index (χ4v) is 4.78. The summed E-state index contributed by atoms with van der Waals surface area (Å²) in [4.78, 5) is 8.25. The normalized spacial score (nSPS) is 17.0. The van der Waals surface area contributed by atoms with Gasteiger partial charge in [0.2, 0.25) is 5.95 Å². The minimum absolute atomic E-state index is 0.0271. The third-order valence-corrected chi connectivity index (χ3v) is 7.12. The van der Waals surface area contributed by atoms with E-state index >= 15 is 0 Å². The van der Waals surface area contributed by atoms with Crippen LogP contribution in [0.5, 0.6) is 0 Å². The number of pyridine rings is 2. The molecule has 1 aromatic carbocycles.